The molecule has 174 valence electrons. The van der Waals surface area contributed by atoms with Crippen LogP contribution in [-0.2, 0) is 14.3 Å². The lowest BCUT2D eigenvalue weighted by Crippen LogP contribution is -2.48. The summed E-state index contributed by atoms with van der Waals surface area (Å²) >= 11 is 6.10. The first kappa shape index (κ1) is 24.6. The maximum atomic E-state index is 11.6. The van der Waals surface area contributed by atoms with Gasteiger partial charge in [-0.2, -0.15) is 0 Å². The van der Waals surface area contributed by atoms with Gasteiger partial charge in [0, 0.05) is 37.7 Å². The fraction of sp³-hybridized carbons (Fsp3) is 0.458. The molecule has 0 spiro atoms. The molecule has 32 heavy (non-hydrogen) atoms. The minimum atomic E-state index is -1.05. The molecule has 1 saturated heterocycles. The van der Waals surface area contributed by atoms with Crippen LogP contribution in [0, 0.1) is 0 Å². The van der Waals surface area contributed by atoms with E-state index in [1.165, 1.54) is 11.1 Å². The molecule has 2 N–H and O–H groups in total. The van der Waals surface area contributed by atoms with Crippen LogP contribution >= 0.6 is 11.6 Å². The Morgan fingerprint density at radius 1 is 1.00 bits per heavy atom. The number of ether oxygens (including phenoxy) is 2. The molecule has 0 radical (unpaired) electrons. The first-order valence-corrected chi connectivity index (χ1v) is 11.2. The van der Waals surface area contributed by atoms with Crippen molar-refractivity contribution in [2.24, 2.45) is 0 Å². The van der Waals surface area contributed by atoms with Crippen molar-refractivity contribution in [2.75, 3.05) is 59.2 Å². The number of hydrogen-bond acceptors (Lipinski definition) is 7. The number of piperazine rings is 1. The Balaban J connectivity index is 1.46. The number of hydrogen-bond donors (Lipinski definition) is 2. The molecule has 2 aromatic rings. The van der Waals surface area contributed by atoms with Gasteiger partial charge in [-0.25, -0.2) is 4.79 Å². The molecule has 1 aliphatic heterocycles. The summed E-state index contributed by atoms with van der Waals surface area (Å²) in [6, 6.07) is 18.8. The minimum absolute atomic E-state index is 0.162. The lowest BCUT2D eigenvalue weighted by atomic mass is 9.96. The predicted octanol–water partition coefficient (Wildman–Crippen LogP) is 1.96. The topological polar surface area (TPSA) is 82.5 Å². The van der Waals surface area contributed by atoms with E-state index in [1.807, 2.05) is 18.2 Å². The monoisotopic (exact) mass is 462 g/mol. The Morgan fingerprint density at radius 3 is 2.31 bits per heavy atom. The molecule has 1 heterocycles. The molecule has 2 aromatic carbocycles. The van der Waals surface area contributed by atoms with Crippen molar-refractivity contribution >= 4 is 17.6 Å². The molecule has 7 nitrogen and oxygen atoms in total. The predicted molar refractivity (Wildman–Crippen MR) is 123 cm³/mol. The number of aliphatic hydroxyl groups excluding tert-OH is 2. The number of carbonyl (C=O) groups is 1. The zero-order valence-corrected chi connectivity index (χ0v) is 18.9. The summed E-state index contributed by atoms with van der Waals surface area (Å²) in [4.78, 5) is 16.4. The van der Waals surface area contributed by atoms with Gasteiger partial charge >= 0.3 is 5.97 Å². The molecule has 0 aliphatic carbocycles. The van der Waals surface area contributed by atoms with Gasteiger partial charge in [-0.05, 0) is 23.3 Å². The number of halogens is 1. The molecule has 3 rings (SSSR count). The van der Waals surface area contributed by atoms with E-state index in [1.54, 1.807) is 0 Å². The molecular formula is C24H31ClN2O5. The summed E-state index contributed by atoms with van der Waals surface area (Å²) in [7, 11) is 0. The summed E-state index contributed by atoms with van der Waals surface area (Å²) < 4.78 is 10.2. The van der Waals surface area contributed by atoms with E-state index in [2.05, 4.69) is 46.2 Å². The Labute approximate surface area is 194 Å². The average molecular weight is 463 g/mol. The zero-order valence-electron chi connectivity index (χ0n) is 18.1. The number of rotatable bonds is 11. The van der Waals surface area contributed by atoms with Crippen LogP contribution in [0.1, 0.15) is 17.2 Å². The molecule has 0 bridgehead atoms. The van der Waals surface area contributed by atoms with E-state index in [0.29, 0.717) is 6.61 Å². The van der Waals surface area contributed by atoms with Crippen LogP contribution in [0.3, 0.4) is 0 Å². The smallest absolute Gasteiger partial charge is 0.332 e. The van der Waals surface area contributed by atoms with Crippen LogP contribution in [-0.4, -0.2) is 91.2 Å². The fourth-order valence-corrected chi connectivity index (χ4v) is 3.90. The van der Waals surface area contributed by atoms with Crippen LogP contribution in [0.25, 0.3) is 0 Å². The largest absolute Gasteiger partial charge is 0.461 e. The molecule has 0 amide bonds. The van der Waals surface area contributed by atoms with Gasteiger partial charge in [0.15, 0.2) is 0 Å². The van der Waals surface area contributed by atoms with Gasteiger partial charge in [0.25, 0.3) is 0 Å². The third kappa shape index (κ3) is 7.55. The number of nitrogens with zero attached hydrogens (tertiary/aromatic N) is 2. The van der Waals surface area contributed by atoms with E-state index in [9.17, 15) is 9.90 Å². The quantitative estimate of drug-likeness (QED) is 0.390. The first-order chi connectivity index (χ1) is 15.6. The number of aliphatic hydroxyl groups is 2. The van der Waals surface area contributed by atoms with E-state index in [4.69, 9.17) is 26.2 Å². The van der Waals surface area contributed by atoms with E-state index >= 15 is 0 Å². The summed E-state index contributed by atoms with van der Waals surface area (Å²) in [5.41, 5.74) is 2.48. The van der Waals surface area contributed by atoms with Crippen LogP contribution < -0.4 is 0 Å². The maximum absolute atomic E-state index is 11.6. The molecule has 0 aromatic heterocycles. The second-order valence-electron chi connectivity index (χ2n) is 7.81. The van der Waals surface area contributed by atoms with Crippen molar-refractivity contribution < 1.29 is 24.5 Å². The number of benzene rings is 2. The summed E-state index contributed by atoms with van der Waals surface area (Å²) in [5, 5.41) is 18.6. The van der Waals surface area contributed by atoms with Crippen molar-refractivity contribution in [3.63, 3.8) is 0 Å². The SMILES string of the molecule is O=C(COCCN1CCN(C(c2ccccc2)c2ccc(Cl)cc2)CC1)OCC(O)CO. The second kappa shape index (κ2) is 12.9. The van der Waals surface area contributed by atoms with Gasteiger partial charge in [0.1, 0.15) is 19.3 Å². The van der Waals surface area contributed by atoms with Crippen molar-refractivity contribution in [2.45, 2.75) is 12.1 Å². The molecule has 1 fully saturated rings. The standard InChI is InChI=1S/C24H31ClN2O5/c25-21-8-6-20(7-9-21)24(19-4-2-1-3-5-19)27-12-10-26(11-13-27)14-15-31-18-23(30)32-17-22(29)16-28/h1-9,22,24,28-29H,10-18H2. The Bertz CT molecular complexity index is 813. The zero-order chi connectivity index (χ0) is 22.8. The number of esters is 1. The molecule has 1 aliphatic rings. The highest BCUT2D eigenvalue weighted by atomic mass is 35.5. The van der Waals surface area contributed by atoms with Gasteiger partial charge in [0.2, 0.25) is 0 Å². The average Bonchev–Trinajstić information content (AvgIpc) is 2.83. The minimum Gasteiger partial charge on any atom is -0.461 e. The van der Waals surface area contributed by atoms with Gasteiger partial charge in [-0.15, -0.1) is 0 Å². The second-order valence-corrected chi connectivity index (χ2v) is 8.25. The molecule has 2 unspecified atom stereocenters. The summed E-state index contributed by atoms with van der Waals surface area (Å²) in [6.45, 7) is 3.99. The first-order valence-electron chi connectivity index (χ1n) is 10.9. The lowest BCUT2D eigenvalue weighted by molar-refractivity contribution is -0.152. The molecule has 2 atom stereocenters. The third-order valence-corrected chi connectivity index (χ3v) is 5.74. The van der Waals surface area contributed by atoms with Crippen molar-refractivity contribution in [3.8, 4) is 0 Å². The Hall–Kier alpha value is -2.00. The highest BCUT2D eigenvalue weighted by Gasteiger charge is 2.26. The van der Waals surface area contributed by atoms with E-state index in [0.717, 1.165) is 37.7 Å². The van der Waals surface area contributed by atoms with Crippen LogP contribution in [0.4, 0.5) is 0 Å². The highest BCUT2D eigenvalue weighted by Crippen LogP contribution is 2.30. The van der Waals surface area contributed by atoms with Crippen molar-refractivity contribution in [1.29, 1.82) is 0 Å². The fourth-order valence-electron chi connectivity index (χ4n) is 3.77. The van der Waals surface area contributed by atoms with Crippen molar-refractivity contribution in [1.82, 2.24) is 9.80 Å². The van der Waals surface area contributed by atoms with E-state index in [-0.39, 0.29) is 19.3 Å². The summed E-state index contributed by atoms with van der Waals surface area (Å²) in [5.74, 6) is -0.545. The van der Waals surface area contributed by atoms with Gasteiger partial charge < -0.3 is 19.7 Å². The molecule has 8 heteroatoms. The Morgan fingerprint density at radius 2 is 1.66 bits per heavy atom. The van der Waals surface area contributed by atoms with Crippen LogP contribution in [0.15, 0.2) is 54.6 Å². The van der Waals surface area contributed by atoms with Gasteiger partial charge in [-0.3, -0.25) is 9.80 Å². The van der Waals surface area contributed by atoms with Crippen LogP contribution in [0.5, 0.6) is 0 Å². The van der Waals surface area contributed by atoms with Gasteiger partial charge in [-0.1, -0.05) is 54.1 Å². The van der Waals surface area contributed by atoms with E-state index < -0.39 is 18.7 Å². The Kier molecular flexibility index (Phi) is 9.92. The van der Waals surface area contributed by atoms with Crippen molar-refractivity contribution in [3.05, 3.63) is 70.7 Å². The lowest BCUT2D eigenvalue weighted by Gasteiger charge is -2.39. The van der Waals surface area contributed by atoms with Crippen LogP contribution in [0.2, 0.25) is 5.02 Å². The normalized spacial score (nSPS) is 17.1. The number of carbonyl (C=O) groups excluding carboxylic acids is 1. The third-order valence-electron chi connectivity index (χ3n) is 5.49. The molecule has 0 saturated carbocycles. The summed E-state index contributed by atoms with van der Waals surface area (Å²) in [6.07, 6.45) is -1.05. The maximum Gasteiger partial charge on any atom is 0.332 e. The van der Waals surface area contributed by atoms with Gasteiger partial charge in [0.05, 0.1) is 19.3 Å². The highest BCUT2D eigenvalue weighted by molar-refractivity contribution is 6.30. The molecular weight excluding hydrogens is 432 g/mol.